The summed E-state index contributed by atoms with van der Waals surface area (Å²) in [6.07, 6.45) is -1.03. The molecule has 0 bridgehead atoms. The molecule has 11 heteroatoms. The summed E-state index contributed by atoms with van der Waals surface area (Å²) in [5, 5.41) is 9.39. The number of rotatable bonds is 4. The van der Waals surface area contributed by atoms with E-state index in [1.165, 1.54) is 30.5 Å². The smallest absolute Gasteiger partial charge is 0.308 e. The Balaban J connectivity index is 2.00. The maximum atomic E-state index is 13.0. The van der Waals surface area contributed by atoms with E-state index in [4.69, 9.17) is 21.1 Å². The molecule has 1 aromatic heterocycles. The molecule has 0 spiro atoms. The highest BCUT2D eigenvalue weighted by Gasteiger charge is 2.36. The SMILES string of the molecule is CCSc1nnc2c(n1)O[C@H](c1cc(Cl)ccc1OC(C)=O)N(C(C)=O)c1ccc(Br)cc1-2. The van der Waals surface area contributed by atoms with Crippen molar-refractivity contribution in [2.24, 2.45) is 0 Å². The van der Waals surface area contributed by atoms with Crippen LogP contribution in [0, 0.1) is 0 Å². The van der Waals surface area contributed by atoms with Gasteiger partial charge in [0.1, 0.15) is 5.75 Å². The van der Waals surface area contributed by atoms with Crippen molar-refractivity contribution in [1.82, 2.24) is 15.2 Å². The third-order valence-corrected chi connectivity index (χ3v) is 6.12. The van der Waals surface area contributed by atoms with Gasteiger partial charge in [-0.1, -0.05) is 46.2 Å². The molecule has 0 saturated carbocycles. The molecule has 170 valence electrons. The van der Waals surface area contributed by atoms with E-state index in [1.807, 2.05) is 19.1 Å². The summed E-state index contributed by atoms with van der Waals surface area (Å²) >= 11 is 11.2. The quantitative estimate of drug-likeness (QED) is 0.241. The summed E-state index contributed by atoms with van der Waals surface area (Å²) in [6.45, 7) is 4.69. The molecular formula is C22H18BrClN4O4S. The van der Waals surface area contributed by atoms with Crippen LogP contribution in [0.3, 0.4) is 0 Å². The number of hydrogen-bond acceptors (Lipinski definition) is 8. The second-order valence-electron chi connectivity index (χ2n) is 6.98. The zero-order valence-corrected chi connectivity index (χ0v) is 21.0. The molecule has 0 saturated heterocycles. The molecule has 1 aliphatic rings. The lowest BCUT2D eigenvalue weighted by Gasteiger charge is -2.30. The van der Waals surface area contributed by atoms with Crippen LogP contribution in [-0.2, 0) is 9.59 Å². The Kier molecular flexibility index (Phi) is 6.87. The number of aromatic nitrogens is 3. The van der Waals surface area contributed by atoms with E-state index < -0.39 is 12.2 Å². The molecule has 2 heterocycles. The lowest BCUT2D eigenvalue weighted by molar-refractivity contribution is -0.132. The molecule has 8 nitrogen and oxygen atoms in total. The largest absolute Gasteiger partial charge is 0.447 e. The van der Waals surface area contributed by atoms with Gasteiger partial charge < -0.3 is 9.47 Å². The Hall–Kier alpha value is -2.69. The number of amides is 1. The summed E-state index contributed by atoms with van der Waals surface area (Å²) < 4.78 is 12.5. The molecule has 0 fully saturated rings. The molecular weight excluding hydrogens is 532 g/mol. The normalized spacial score (nSPS) is 14.6. The van der Waals surface area contributed by atoms with Crippen LogP contribution in [0.5, 0.6) is 11.6 Å². The van der Waals surface area contributed by atoms with Gasteiger partial charge >= 0.3 is 5.97 Å². The average Bonchev–Trinajstić information content (AvgIpc) is 2.89. The second-order valence-corrected chi connectivity index (χ2v) is 9.56. The summed E-state index contributed by atoms with van der Waals surface area (Å²) in [6, 6.07) is 10.2. The van der Waals surface area contributed by atoms with Gasteiger partial charge in [-0.2, -0.15) is 4.98 Å². The Morgan fingerprint density at radius 1 is 1.21 bits per heavy atom. The maximum Gasteiger partial charge on any atom is 0.308 e. The number of halogens is 2. The van der Waals surface area contributed by atoms with Crippen LogP contribution in [0.15, 0.2) is 46.0 Å². The molecule has 1 aliphatic heterocycles. The van der Waals surface area contributed by atoms with E-state index in [9.17, 15) is 9.59 Å². The summed E-state index contributed by atoms with van der Waals surface area (Å²) in [4.78, 5) is 30.7. The zero-order chi connectivity index (χ0) is 23.7. The molecule has 0 radical (unpaired) electrons. The Morgan fingerprint density at radius 3 is 2.70 bits per heavy atom. The van der Waals surface area contributed by atoms with Crippen molar-refractivity contribution in [3.63, 3.8) is 0 Å². The van der Waals surface area contributed by atoms with Crippen LogP contribution in [-0.4, -0.2) is 32.8 Å². The molecule has 2 aromatic carbocycles. The predicted octanol–water partition coefficient (Wildman–Crippen LogP) is 5.44. The van der Waals surface area contributed by atoms with Gasteiger partial charge in [-0.05, 0) is 42.2 Å². The standard InChI is InChI=1S/C22H18BrClN4O4S/c1-4-33-22-25-20-19(26-27-22)15-9-13(23)5-7-17(15)28(11(2)29)21(32-20)16-10-14(24)6-8-18(16)31-12(3)30/h5-10,21H,4H2,1-3H3/t21-/m1/s1. The van der Waals surface area contributed by atoms with Gasteiger partial charge in [0, 0.05) is 28.9 Å². The predicted molar refractivity (Wildman–Crippen MR) is 129 cm³/mol. The first-order chi connectivity index (χ1) is 15.8. The van der Waals surface area contributed by atoms with Crippen molar-refractivity contribution in [1.29, 1.82) is 0 Å². The average molecular weight is 550 g/mol. The van der Waals surface area contributed by atoms with Crippen molar-refractivity contribution < 1.29 is 19.1 Å². The monoisotopic (exact) mass is 548 g/mol. The minimum absolute atomic E-state index is 0.197. The first kappa shape index (κ1) is 23.5. The third-order valence-electron chi connectivity index (χ3n) is 4.67. The number of ether oxygens (including phenoxy) is 2. The van der Waals surface area contributed by atoms with Crippen LogP contribution in [0.1, 0.15) is 32.6 Å². The van der Waals surface area contributed by atoms with Crippen molar-refractivity contribution in [3.05, 3.63) is 51.5 Å². The van der Waals surface area contributed by atoms with Gasteiger partial charge in [0.25, 0.3) is 0 Å². The second kappa shape index (κ2) is 9.66. The molecule has 1 amide bonds. The third kappa shape index (κ3) is 4.83. The highest BCUT2D eigenvalue weighted by Crippen LogP contribution is 2.46. The molecule has 33 heavy (non-hydrogen) atoms. The van der Waals surface area contributed by atoms with Gasteiger partial charge in [0.15, 0.2) is 5.69 Å². The zero-order valence-electron chi connectivity index (χ0n) is 17.8. The van der Waals surface area contributed by atoms with E-state index in [-0.39, 0.29) is 17.5 Å². The molecule has 3 aromatic rings. The number of carbonyl (C=O) groups is 2. The van der Waals surface area contributed by atoms with Crippen LogP contribution >= 0.6 is 39.3 Å². The first-order valence-corrected chi connectivity index (χ1v) is 12.1. The van der Waals surface area contributed by atoms with E-state index in [1.54, 1.807) is 24.3 Å². The lowest BCUT2D eigenvalue weighted by atomic mass is 10.1. The number of anilines is 1. The fourth-order valence-electron chi connectivity index (χ4n) is 3.43. The van der Waals surface area contributed by atoms with E-state index in [2.05, 4.69) is 31.1 Å². The van der Waals surface area contributed by atoms with Crippen LogP contribution in [0.4, 0.5) is 5.69 Å². The van der Waals surface area contributed by atoms with Crippen molar-refractivity contribution >= 4 is 56.9 Å². The Bertz CT molecular complexity index is 1260. The van der Waals surface area contributed by atoms with E-state index in [0.717, 1.165) is 10.2 Å². The van der Waals surface area contributed by atoms with E-state index >= 15 is 0 Å². The highest BCUT2D eigenvalue weighted by atomic mass is 79.9. The molecule has 0 N–H and O–H groups in total. The number of nitrogens with zero attached hydrogens (tertiary/aromatic N) is 4. The first-order valence-electron chi connectivity index (χ1n) is 9.90. The summed E-state index contributed by atoms with van der Waals surface area (Å²) in [7, 11) is 0. The Morgan fingerprint density at radius 2 is 2.00 bits per heavy atom. The van der Waals surface area contributed by atoms with Crippen molar-refractivity contribution in [2.45, 2.75) is 32.2 Å². The van der Waals surface area contributed by atoms with Gasteiger partial charge in [-0.25, -0.2) is 0 Å². The summed E-state index contributed by atoms with van der Waals surface area (Å²) in [5.74, 6) is 0.340. The molecule has 4 rings (SSSR count). The van der Waals surface area contributed by atoms with Gasteiger partial charge in [0.2, 0.25) is 23.2 Å². The molecule has 1 atom stereocenters. The van der Waals surface area contributed by atoms with E-state index in [0.29, 0.717) is 32.7 Å². The van der Waals surface area contributed by atoms with Gasteiger partial charge in [-0.3, -0.25) is 14.5 Å². The number of carbonyl (C=O) groups excluding carboxylic acids is 2. The van der Waals surface area contributed by atoms with Crippen LogP contribution in [0.25, 0.3) is 11.3 Å². The fraction of sp³-hybridized carbons (Fsp3) is 0.227. The van der Waals surface area contributed by atoms with Crippen LogP contribution in [0.2, 0.25) is 5.02 Å². The number of hydrogen-bond donors (Lipinski definition) is 0. The number of thioether (sulfide) groups is 1. The van der Waals surface area contributed by atoms with Crippen molar-refractivity contribution in [3.8, 4) is 22.9 Å². The van der Waals surface area contributed by atoms with Crippen molar-refractivity contribution in [2.75, 3.05) is 10.7 Å². The van der Waals surface area contributed by atoms with Crippen LogP contribution < -0.4 is 14.4 Å². The Labute approximate surface area is 207 Å². The highest BCUT2D eigenvalue weighted by molar-refractivity contribution is 9.10. The molecule has 0 aliphatic carbocycles. The topological polar surface area (TPSA) is 94.5 Å². The molecule has 0 unspecified atom stereocenters. The number of fused-ring (bicyclic) bond motifs is 3. The number of benzene rings is 2. The van der Waals surface area contributed by atoms with Gasteiger partial charge in [0.05, 0.1) is 11.3 Å². The van der Waals surface area contributed by atoms with Gasteiger partial charge in [-0.15, -0.1) is 10.2 Å². The number of esters is 1. The fourth-order valence-corrected chi connectivity index (χ4v) is 4.48. The minimum Gasteiger partial charge on any atom is -0.447 e. The summed E-state index contributed by atoms with van der Waals surface area (Å²) in [5.41, 5.74) is 1.92. The minimum atomic E-state index is -1.03. The lowest BCUT2D eigenvalue weighted by Crippen LogP contribution is -2.36. The maximum absolute atomic E-state index is 13.0.